The molecule has 0 aliphatic carbocycles. The first-order valence-corrected chi connectivity index (χ1v) is 30.8. The summed E-state index contributed by atoms with van der Waals surface area (Å²) in [6.07, 6.45) is 70.3. The molecule has 0 saturated carbocycles. The van der Waals surface area contributed by atoms with Crippen LogP contribution in [0.4, 0.5) is 0 Å². The fourth-order valence-corrected chi connectivity index (χ4v) is 10.2. The van der Waals surface area contributed by atoms with E-state index in [1.54, 1.807) is 0 Å². The zero-order valence-corrected chi connectivity index (χ0v) is 45.4. The molecular weight excluding hydrogens is 811 g/mol. The third kappa shape index (κ3) is 51.2. The molecule has 66 heavy (non-hydrogen) atoms. The van der Waals surface area contributed by atoms with Crippen LogP contribution >= 0.6 is 0 Å². The fourth-order valence-electron chi connectivity index (χ4n) is 10.2. The second-order valence-electron chi connectivity index (χ2n) is 21.6. The van der Waals surface area contributed by atoms with Gasteiger partial charge in [0.1, 0.15) is 6.10 Å². The molecule has 5 nitrogen and oxygen atoms in total. The van der Waals surface area contributed by atoms with E-state index in [0.29, 0.717) is 12.8 Å². The molecule has 3 unspecified atom stereocenters. The fraction of sp³-hybridized carbons (Fsp3) is 0.984. The van der Waals surface area contributed by atoms with Gasteiger partial charge in [-0.2, -0.15) is 0 Å². The average Bonchev–Trinajstić information content (AvgIpc) is 3.32. The van der Waals surface area contributed by atoms with E-state index in [4.69, 9.17) is 0 Å². The number of rotatable bonds is 58. The molecule has 0 rings (SSSR count). The van der Waals surface area contributed by atoms with Crippen LogP contribution in [-0.4, -0.2) is 46.1 Å². The molecule has 396 valence electrons. The molecule has 0 aromatic heterocycles. The van der Waals surface area contributed by atoms with Gasteiger partial charge in [0.15, 0.2) is 0 Å². The van der Waals surface area contributed by atoms with Crippen LogP contribution < -0.4 is 5.32 Å². The number of hydrogen-bond acceptors (Lipinski definition) is 4. The van der Waals surface area contributed by atoms with E-state index in [0.717, 1.165) is 32.1 Å². The van der Waals surface area contributed by atoms with Gasteiger partial charge in [0, 0.05) is 0 Å². The summed E-state index contributed by atoms with van der Waals surface area (Å²) in [6, 6.07) is -0.708. The molecule has 0 heterocycles. The Morgan fingerprint density at radius 1 is 0.303 bits per heavy atom. The Balaban J connectivity index is 3.46. The normalized spacial score (nSPS) is 13.1. The van der Waals surface area contributed by atoms with Gasteiger partial charge in [-0.3, -0.25) is 4.79 Å². The lowest BCUT2D eigenvalue weighted by atomic mass is 10.0. The molecule has 0 aliphatic heterocycles. The second-order valence-corrected chi connectivity index (χ2v) is 21.6. The third-order valence-corrected chi connectivity index (χ3v) is 15.0. The van der Waals surface area contributed by atoms with Crippen LogP contribution in [0, 0.1) is 0 Å². The third-order valence-electron chi connectivity index (χ3n) is 15.0. The molecule has 0 saturated heterocycles. The van der Waals surface area contributed by atoms with Crippen LogP contribution in [0.5, 0.6) is 0 Å². The largest absolute Gasteiger partial charge is 0.394 e. The van der Waals surface area contributed by atoms with Crippen molar-refractivity contribution < 1.29 is 20.1 Å². The van der Waals surface area contributed by atoms with Gasteiger partial charge >= 0.3 is 0 Å². The van der Waals surface area contributed by atoms with Crippen molar-refractivity contribution in [3.05, 3.63) is 0 Å². The van der Waals surface area contributed by atoms with Crippen LogP contribution in [0.2, 0.25) is 0 Å². The van der Waals surface area contributed by atoms with Crippen molar-refractivity contribution in [2.24, 2.45) is 0 Å². The van der Waals surface area contributed by atoms with Crippen molar-refractivity contribution in [2.75, 3.05) is 6.61 Å². The summed E-state index contributed by atoms with van der Waals surface area (Å²) in [6.45, 7) is 4.29. The maximum atomic E-state index is 12.6. The van der Waals surface area contributed by atoms with E-state index in [1.807, 2.05) is 0 Å². The van der Waals surface area contributed by atoms with Crippen LogP contribution in [0.15, 0.2) is 0 Å². The number of nitrogens with one attached hydrogen (secondary N) is 1. The Kier molecular flexibility index (Phi) is 56.4. The molecule has 1 amide bonds. The topological polar surface area (TPSA) is 89.8 Å². The highest BCUT2D eigenvalue weighted by Crippen LogP contribution is 2.19. The van der Waals surface area contributed by atoms with E-state index in [9.17, 15) is 20.1 Å². The Labute approximate surface area is 415 Å². The number of hydrogen-bond donors (Lipinski definition) is 4. The summed E-state index contributed by atoms with van der Waals surface area (Å²) in [7, 11) is 0. The summed E-state index contributed by atoms with van der Waals surface area (Å²) >= 11 is 0. The van der Waals surface area contributed by atoms with Crippen LogP contribution in [0.1, 0.15) is 361 Å². The Morgan fingerprint density at radius 3 is 0.682 bits per heavy atom. The predicted molar refractivity (Wildman–Crippen MR) is 292 cm³/mol. The first kappa shape index (κ1) is 65.3. The van der Waals surface area contributed by atoms with Crippen molar-refractivity contribution in [3.8, 4) is 0 Å². The van der Waals surface area contributed by atoms with E-state index in [2.05, 4.69) is 19.2 Å². The number of amides is 1. The minimum Gasteiger partial charge on any atom is -0.394 e. The van der Waals surface area contributed by atoms with E-state index < -0.39 is 24.2 Å². The van der Waals surface area contributed by atoms with Crippen LogP contribution in [-0.2, 0) is 4.79 Å². The summed E-state index contributed by atoms with van der Waals surface area (Å²) in [5.74, 6) is -0.460. The number of unbranched alkanes of at least 4 members (excludes halogenated alkanes) is 50. The van der Waals surface area contributed by atoms with Gasteiger partial charge in [0.25, 0.3) is 0 Å². The zero-order valence-electron chi connectivity index (χ0n) is 45.4. The van der Waals surface area contributed by atoms with E-state index >= 15 is 0 Å². The predicted octanol–water partition coefficient (Wildman–Crippen LogP) is 19.3. The van der Waals surface area contributed by atoms with Crippen molar-refractivity contribution >= 4 is 5.91 Å². The first-order valence-electron chi connectivity index (χ1n) is 30.8. The summed E-state index contributed by atoms with van der Waals surface area (Å²) < 4.78 is 0. The Hall–Kier alpha value is -0.650. The van der Waals surface area contributed by atoms with Gasteiger partial charge < -0.3 is 20.6 Å². The van der Waals surface area contributed by atoms with Gasteiger partial charge in [-0.15, -0.1) is 0 Å². The van der Waals surface area contributed by atoms with Crippen molar-refractivity contribution in [1.82, 2.24) is 5.32 Å². The Bertz CT molecular complexity index is 898. The number of carbonyl (C=O) groups excluding carboxylic acids is 1. The lowest BCUT2D eigenvalue weighted by molar-refractivity contribution is -0.131. The summed E-state index contributed by atoms with van der Waals surface area (Å²) in [4.78, 5) is 12.6. The molecule has 0 bridgehead atoms. The van der Waals surface area contributed by atoms with Crippen LogP contribution in [0.25, 0.3) is 0 Å². The van der Waals surface area contributed by atoms with Crippen molar-refractivity contribution in [3.63, 3.8) is 0 Å². The van der Waals surface area contributed by atoms with Gasteiger partial charge in [-0.1, -0.05) is 348 Å². The molecule has 3 atom stereocenters. The minimum atomic E-state index is -1.07. The molecule has 0 spiro atoms. The number of aliphatic hydroxyl groups is 3. The molecule has 0 radical (unpaired) electrons. The highest BCUT2D eigenvalue weighted by atomic mass is 16.3. The molecule has 0 aromatic rings. The van der Waals surface area contributed by atoms with Crippen molar-refractivity contribution in [1.29, 1.82) is 0 Å². The number of carbonyl (C=O) groups is 1. The summed E-state index contributed by atoms with van der Waals surface area (Å²) in [5.41, 5.74) is 0. The Morgan fingerprint density at radius 2 is 0.485 bits per heavy atom. The van der Waals surface area contributed by atoms with Crippen LogP contribution in [0.3, 0.4) is 0 Å². The summed E-state index contributed by atoms with van der Waals surface area (Å²) in [5, 5.41) is 33.6. The highest BCUT2D eigenvalue weighted by Gasteiger charge is 2.23. The maximum Gasteiger partial charge on any atom is 0.249 e. The van der Waals surface area contributed by atoms with Gasteiger partial charge in [0.05, 0.1) is 18.8 Å². The average molecular weight is 935 g/mol. The van der Waals surface area contributed by atoms with Gasteiger partial charge in [0.2, 0.25) is 5.91 Å². The minimum absolute atomic E-state index is 0.307. The molecule has 0 aromatic carbocycles. The monoisotopic (exact) mass is 934 g/mol. The molecule has 5 heteroatoms. The second kappa shape index (κ2) is 56.9. The van der Waals surface area contributed by atoms with Gasteiger partial charge in [-0.05, 0) is 12.8 Å². The SMILES string of the molecule is CCCCCCCCCCCCCCCCCCCCCCCCCCCCCCC(O)C(=O)NC(CO)C(O)CCCCCCCCCCCCCCCCCCCCCCCCCC. The van der Waals surface area contributed by atoms with E-state index in [1.165, 1.54) is 302 Å². The number of aliphatic hydroxyl groups excluding tert-OH is 3. The van der Waals surface area contributed by atoms with Gasteiger partial charge in [-0.25, -0.2) is 0 Å². The molecule has 0 aliphatic rings. The quantitative estimate of drug-likeness (QED) is 0.0458. The lowest BCUT2D eigenvalue weighted by Crippen LogP contribution is -2.49. The maximum absolute atomic E-state index is 12.6. The smallest absolute Gasteiger partial charge is 0.249 e. The van der Waals surface area contributed by atoms with Crippen molar-refractivity contribution in [2.45, 2.75) is 379 Å². The standard InChI is InChI=1S/C61H123NO4/c1-3-5-7-9-11-13-15-17-19-21-23-25-27-29-30-31-32-34-36-38-40-42-44-46-48-50-52-54-56-60(65)61(66)62-58(57-63)59(64)55-53-51-49-47-45-43-41-39-37-35-33-28-26-24-22-20-18-16-14-12-10-8-6-4-2/h58-60,63-65H,3-57H2,1-2H3,(H,62,66). The molecule has 0 fully saturated rings. The van der Waals surface area contributed by atoms with E-state index in [-0.39, 0.29) is 6.61 Å². The highest BCUT2D eigenvalue weighted by molar-refractivity contribution is 5.80. The molecular formula is C61H123NO4. The lowest BCUT2D eigenvalue weighted by Gasteiger charge is -2.23. The zero-order chi connectivity index (χ0) is 47.9. The molecule has 4 N–H and O–H groups in total. The first-order chi connectivity index (χ1) is 32.6.